The van der Waals surface area contributed by atoms with Crippen molar-refractivity contribution in [1.82, 2.24) is 4.98 Å². The van der Waals surface area contributed by atoms with Crippen molar-refractivity contribution in [1.29, 1.82) is 0 Å². The zero-order valence-corrected chi connectivity index (χ0v) is 18.8. The molecule has 0 radical (unpaired) electrons. The molecular weight excluding hydrogens is 480 g/mol. The first-order valence-corrected chi connectivity index (χ1v) is 11.4. The van der Waals surface area contributed by atoms with Gasteiger partial charge in [-0.2, -0.15) is 0 Å². The summed E-state index contributed by atoms with van der Waals surface area (Å²) >= 11 is 4.68. The number of fused-ring (bicyclic) bond motifs is 1. The monoisotopic (exact) mass is 496 g/mol. The number of hydrogen-bond acceptors (Lipinski definition) is 6. The van der Waals surface area contributed by atoms with Gasteiger partial charge in [0.25, 0.3) is 5.78 Å². The highest BCUT2D eigenvalue weighted by Gasteiger charge is 2.48. The molecule has 6 nitrogen and oxygen atoms in total. The van der Waals surface area contributed by atoms with Crippen molar-refractivity contribution in [2.24, 2.45) is 0 Å². The number of rotatable bonds is 3. The molecule has 1 amide bonds. The zero-order chi connectivity index (χ0) is 21.7. The Hall–Kier alpha value is -2.97. The van der Waals surface area contributed by atoms with Gasteiger partial charge in [-0.15, -0.1) is 11.3 Å². The van der Waals surface area contributed by atoms with Gasteiger partial charge in [-0.25, -0.2) is 4.98 Å². The first-order chi connectivity index (χ1) is 14.9. The first kappa shape index (κ1) is 20.0. The van der Waals surface area contributed by atoms with Gasteiger partial charge in [0, 0.05) is 28.0 Å². The SMILES string of the molecule is CC1Cc2cc(/C(O)=C3/C(=O)C(=O)N(c4nccs4)C3c3ccc(Br)cc3)ccc2O1. The van der Waals surface area contributed by atoms with E-state index in [0.717, 1.165) is 22.2 Å². The number of ketones is 1. The second kappa shape index (κ2) is 7.62. The number of ether oxygens (including phenoxy) is 1. The van der Waals surface area contributed by atoms with Crippen molar-refractivity contribution in [2.75, 3.05) is 4.90 Å². The first-order valence-electron chi connectivity index (χ1n) is 9.70. The minimum Gasteiger partial charge on any atom is -0.507 e. The van der Waals surface area contributed by atoms with Crippen LogP contribution in [0.15, 0.2) is 64.1 Å². The molecule has 2 aromatic carbocycles. The van der Waals surface area contributed by atoms with Gasteiger partial charge in [0.2, 0.25) is 0 Å². The van der Waals surface area contributed by atoms with E-state index in [9.17, 15) is 14.7 Å². The fourth-order valence-corrected chi connectivity index (χ4v) is 4.98. The number of aliphatic hydroxyl groups is 1. The highest BCUT2D eigenvalue weighted by molar-refractivity contribution is 9.10. The van der Waals surface area contributed by atoms with Crippen LogP contribution in [0, 0.1) is 0 Å². The summed E-state index contributed by atoms with van der Waals surface area (Å²) in [5, 5.41) is 13.4. The van der Waals surface area contributed by atoms with Gasteiger partial charge in [0.05, 0.1) is 11.6 Å². The number of benzene rings is 2. The Kier molecular flexibility index (Phi) is 4.91. The summed E-state index contributed by atoms with van der Waals surface area (Å²) in [5.74, 6) is -0.863. The van der Waals surface area contributed by atoms with Crippen LogP contribution >= 0.6 is 27.3 Å². The van der Waals surface area contributed by atoms with Crippen LogP contribution in [-0.2, 0) is 16.0 Å². The quantitative estimate of drug-likeness (QED) is 0.318. The van der Waals surface area contributed by atoms with E-state index in [-0.39, 0.29) is 17.4 Å². The highest BCUT2D eigenvalue weighted by Crippen LogP contribution is 2.43. The Morgan fingerprint density at radius 1 is 1.23 bits per heavy atom. The van der Waals surface area contributed by atoms with Crippen LogP contribution in [0.2, 0.25) is 0 Å². The lowest BCUT2D eigenvalue weighted by Crippen LogP contribution is -2.29. The van der Waals surface area contributed by atoms with E-state index >= 15 is 0 Å². The number of anilines is 1. The normalized spacial score (nSPS) is 21.9. The molecule has 1 N–H and O–H groups in total. The van der Waals surface area contributed by atoms with Crippen molar-refractivity contribution in [2.45, 2.75) is 25.5 Å². The summed E-state index contributed by atoms with van der Waals surface area (Å²) in [6.45, 7) is 1.98. The summed E-state index contributed by atoms with van der Waals surface area (Å²) in [5.41, 5.74) is 2.20. The molecule has 3 aromatic rings. The fourth-order valence-electron chi connectivity index (χ4n) is 4.05. The van der Waals surface area contributed by atoms with E-state index in [2.05, 4.69) is 20.9 Å². The molecule has 2 unspecified atom stereocenters. The standard InChI is InChI=1S/C23H17BrN2O4S/c1-12-10-15-11-14(4-7-17(15)30-12)20(27)18-19(13-2-5-16(24)6-3-13)26(22(29)21(18)28)23-25-8-9-31-23/h2-9,11-12,19,27H,10H2,1H3/b20-18-. The molecule has 156 valence electrons. The van der Waals surface area contributed by atoms with Gasteiger partial charge in [-0.1, -0.05) is 28.1 Å². The molecule has 2 aliphatic heterocycles. The maximum atomic E-state index is 13.1. The van der Waals surface area contributed by atoms with Crippen LogP contribution < -0.4 is 9.64 Å². The number of Topliss-reactive ketones (excluding diaryl/α,β-unsaturated/α-hetero) is 1. The number of amides is 1. The molecule has 1 aromatic heterocycles. The molecule has 2 aliphatic rings. The summed E-state index contributed by atoms with van der Waals surface area (Å²) in [4.78, 5) is 31.7. The summed E-state index contributed by atoms with van der Waals surface area (Å²) in [7, 11) is 0. The number of aromatic nitrogens is 1. The van der Waals surface area contributed by atoms with Gasteiger partial charge in [0.1, 0.15) is 17.6 Å². The topological polar surface area (TPSA) is 79.7 Å². The second-order valence-electron chi connectivity index (χ2n) is 7.49. The van der Waals surface area contributed by atoms with Crippen molar-refractivity contribution < 1.29 is 19.4 Å². The summed E-state index contributed by atoms with van der Waals surface area (Å²) < 4.78 is 6.61. The third kappa shape index (κ3) is 3.36. The van der Waals surface area contributed by atoms with Gasteiger partial charge >= 0.3 is 5.91 Å². The average molecular weight is 497 g/mol. The Morgan fingerprint density at radius 3 is 2.71 bits per heavy atom. The van der Waals surface area contributed by atoms with E-state index in [1.54, 1.807) is 23.7 Å². The van der Waals surface area contributed by atoms with Crippen molar-refractivity contribution in [3.05, 3.63) is 80.8 Å². The predicted octanol–water partition coefficient (Wildman–Crippen LogP) is 4.86. The molecule has 0 aliphatic carbocycles. The average Bonchev–Trinajstić information content (AvgIpc) is 3.46. The molecule has 1 saturated heterocycles. The molecule has 5 rings (SSSR count). The minimum atomic E-state index is -0.775. The van der Waals surface area contributed by atoms with Gasteiger partial charge in [-0.05, 0) is 48.4 Å². The van der Waals surface area contributed by atoms with Crippen LogP contribution in [0.5, 0.6) is 5.75 Å². The van der Waals surface area contributed by atoms with E-state index in [1.165, 1.54) is 16.2 Å². The summed E-state index contributed by atoms with van der Waals surface area (Å²) in [6, 6.07) is 11.9. The van der Waals surface area contributed by atoms with Gasteiger partial charge in [-0.3, -0.25) is 14.5 Å². The van der Waals surface area contributed by atoms with Crippen LogP contribution in [0.1, 0.15) is 29.7 Å². The van der Waals surface area contributed by atoms with Crippen molar-refractivity contribution >= 4 is 49.8 Å². The fraction of sp³-hybridized carbons (Fsp3) is 0.174. The lowest BCUT2D eigenvalue weighted by molar-refractivity contribution is -0.132. The van der Waals surface area contributed by atoms with Crippen LogP contribution in [0.3, 0.4) is 0 Å². The molecule has 0 spiro atoms. The second-order valence-corrected chi connectivity index (χ2v) is 9.28. The molecule has 0 saturated carbocycles. The van der Waals surface area contributed by atoms with Crippen LogP contribution in [0.4, 0.5) is 5.13 Å². The minimum absolute atomic E-state index is 0.0504. The lowest BCUT2D eigenvalue weighted by Gasteiger charge is -2.23. The Labute approximate surface area is 190 Å². The number of thiazole rings is 1. The highest BCUT2D eigenvalue weighted by atomic mass is 79.9. The molecule has 8 heteroatoms. The third-order valence-corrected chi connectivity index (χ3v) is 6.72. The Balaban J connectivity index is 1.68. The molecular formula is C23H17BrN2O4S. The van der Waals surface area contributed by atoms with Gasteiger partial charge in [0.15, 0.2) is 5.13 Å². The molecule has 1 fully saturated rings. The molecule has 0 bridgehead atoms. The predicted molar refractivity (Wildman–Crippen MR) is 121 cm³/mol. The maximum absolute atomic E-state index is 13.1. The number of halogens is 1. The van der Waals surface area contributed by atoms with E-state index in [0.29, 0.717) is 16.3 Å². The number of aliphatic hydroxyl groups excluding tert-OH is 1. The van der Waals surface area contributed by atoms with Gasteiger partial charge < -0.3 is 9.84 Å². The number of carbonyl (C=O) groups is 2. The molecule has 31 heavy (non-hydrogen) atoms. The largest absolute Gasteiger partial charge is 0.507 e. The van der Waals surface area contributed by atoms with Crippen molar-refractivity contribution in [3.8, 4) is 5.75 Å². The van der Waals surface area contributed by atoms with Crippen molar-refractivity contribution in [3.63, 3.8) is 0 Å². The molecule has 2 atom stereocenters. The maximum Gasteiger partial charge on any atom is 0.301 e. The van der Waals surface area contributed by atoms with E-state index in [4.69, 9.17) is 4.74 Å². The van der Waals surface area contributed by atoms with Crippen LogP contribution in [0.25, 0.3) is 5.76 Å². The molecule has 3 heterocycles. The Bertz CT molecular complexity index is 1220. The Morgan fingerprint density at radius 2 is 2.00 bits per heavy atom. The van der Waals surface area contributed by atoms with E-state index < -0.39 is 17.7 Å². The number of hydrogen-bond donors (Lipinski definition) is 1. The number of nitrogens with zero attached hydrogens (tertiary/aromatic N) is 2. The van der Waals surface area contributed by atoms with E-state index in [1.807, 2.05) is 37.3 Å². The number of carbonyl (C=O) groups excluding carboxylic acids is 2. The smallest absolute Gasteiger partial charge is 0.301 e. The summed E-state index contributed by atoms with van der Waals surface area (Å²) in [6.07, 6.45) is 2.37. The zero-order valence-electron chi connectivity index (χ0n) is 16.4. The van der Waals surface area contributed by atoms with Crippen LogP contribution in [-0.4, -0.2) is 27.9 Å². The third-order valence-electron chi connectivity index (χ3n) is 5.42. The lowest BCUT2D eigenvalue weighted by atomic mass is 9.94.